The maximum atomic E-state index is 13.8. The van der Waals surface area contributed by atoms with Crippen LogP contribution in [-0.4, -0.2) is 32.8 Å². The molecule has 0 unspecified atom stereocenters. The van der Waals surface area contributed by atoms with Crippen LogP contribution in [0.3, 0.4) is 0 Å². The van der Waals surface area contributed by atoms with Crippen molar-refractivity contribution in [3.8, 4) is 5.69 Å². The number of fused-ring (bicyclic) bond motifs is 1. The van der Waals surface area contributed by atoms with E-state index in [1.165, 1.54) is 4.90 Å². The smallest absolute Gasteiger partial charge is 0.356 e. The van der Waals surface area contributed by atoms with E-state index in [2.05, 4.69) is 15.1 Å². The lowest BCUT2D eigenvalue weighted by molar-refractivity contribution is -0.151. The van der Waals surface area contributed by atoms with Gasteiger partial charge in [0.2, 0.25) is 5.82 Å². The molecule has 0 atom stereocenters. The van der Waals surface area contributed by atoms with Crippen LogP contribution in [0.1, 0.15) is 29.9 Å². The SMILES string of the molecule is FC(F)(F)c1cc(Cl)c(-n2nc3nc(C(F)(F)F)nc(C(F)(F)F)c3c2N2CCCC2)c(Cl)c1. The van der Waals surface area contributed by atoms with Gasteiger partial charge in [0.15, 0.2) is 11.3 Å². The van der Waals surface area contributed by atoms with Crippen LogP contribution in [0.4, 0.5) is 45.3 Å². The van der Waals surface area contributed by atoms with Gasteiger partial charge < -0.3 is 4.90 Å². The molecule has 0 bridgehead atoms. The molecule has 5 nitrogen and oxygen atoms in total. The van der Waals surface area contributed by atoms with Crippen molar-refractivity contribution in [3.05, 3.63) is 39.3 Å². The molecule has 0 N–H and O–H groups in total. The summed E-state index contributed by atoms with van der Waals surface area (Å²) >= 11 is 12.0. The van der Waals surface area contributed by atoms with Gasteiger partial charge in [-0.2, -0.15) is 39.5 Å². The summed E-state index contributed by atoms with van der Waals surface area (Å²) in [6.45, 7) is 0.379. The van der Waals surface area contributed by atoms with Crippen molar-refractivity contribution in [2.45, 2.75) is 31.4 Å². The molecule has 0 aliphatic carbocycles. The fraction of sp³-hybridized carbons (Fsp3) is 0.389. The number of rotatable bonds is 2. The van der Waals surface area contributed by atoms with E-state index in [0.29, 0.717) is 29.7 Å². The number of aromatic nitrogens is 4. The van der Waals surface area contributed by atoms with E-state index in [1.54, 1.807) is 0 Å². The van der Waals surface area contributed by atoms with Gasteiger partial charge in [0, 0.05) is 13.1 Å². The van der Waals surface area contributed by atoms with Crippen molar-refractivity contribution < 1.29 is 39.5 Å². The van der Waals surface area contributed by atoms with Crippen LogP contribution in [0, 0.1) is 0 Å². The summed E-state index contributed by atoms with van der Waals surface area (Å²) in [5.74, 6) is -2.45. The minimum absolute atomic E-state index is 0.189. The van der Waals surface area contributed by atoms with E-state index in [9.17, 15) is 39.5 Å². The minimum Gasteiger partial charge on any atom is -0.356 e. The molecule has 3 heterocycles. The van der Waals surface area contributed by atoms with Crippen LogP contribution in [0.5, 0.6) is 0 Å². The molecule has 1 aliphatic heterocycles. The van der Waals surface area contributed by atoms with Crippen LogP contribution >= 0.6 is 23.2 Å². The molecule has 3 aromatic rings. The zero-order chi connectivity index (χ0) is 25.2. The predicted octanol–water partition coefficient (Wildman–Crippen LogP) is 6.78. The Labute approximate surface area is 194 Å². The van der Waals surface area contributed by atoms with Crippen LogP contribution < -0.4 is 4.90 Å². The fourth-order valence-corrected chi connectivity index (χ4v) is 4.26. The van der Waals surface area contributed by atoms with Crippen molar-refractivity contribution in [2.75, 3.05) is 18.0 Å². The van der Waals surface area contributed by atoms with Crippen molar-refractivity contribution in [1.29, 1.82) is 0 Å². The van der Waals surface area contributed by atoms with Gasteiger partial charge in [-0.05, 0) is 25.0 Å². The molecule has 0 saturated carbocycles. The summed E-state index contributed by atoms with van der Waals surface area (Å²) in [5, 5.41) is 1.64. The van der Waals surface area contributed by atoms with E-state index in [1.807, 2.05) is 0 Å². The van der Waals surface area contributed by atoms with Crippen LogP contribution in [0.25, 0.3) is 16.7 Å². The molecule has 4 rings (SSSR count). The molecule has 1 aromatic carbocycles. The van der Waals surface area contributed by atoms with E-state index >= 15 is 0 Å². The summed E-state index contributed by atoms with van der Waals surface area (Å²) in [4.78, 5) is 7.25. The first kappa shape index (κ1) is 24.6. The minimum atomic E-state index is -5.34. The first-order chi connectivity index (χ1) is 15.6. The Morgan fingerprint density at radius 3 is 1.79 bits per heavy atom. The molecular weight excluding hydrogens is 528 g/mol. The van der Waals surface area contributed by atoms with Crippen LogP contribution in [0.2, 0.25) is 10.0 Å². The molecular formula is C18H10Cl2F9N5. The Kier molecular flexibility index (Phi) is 5.83. The van der Waals surface area contributed by atoms with Crippen molar-refractivity contribution in [1.82, 2.24) is 19.7 Å². The Morgan fingerprint density at radius 1 is 0.765 bits per heavy atom. The third kappa shape index (κ3) is 4.32. The number of hydrogen-bond acceptors (Lipinski definition) is 4. The highest BCUT2D eigenvalue weighted by molar-refractivity contribution is 6.38. The molecule has 2 aromatic heterocycles. The second-order valence-corrected chi connectivity index (χ2v) is 8.12. The van der Waals surface area contributed by atoms with Gasteiger partial charge in [-0.25, -0.2) is 14.6 Å². The van der Waals surface area contributed by atoms with E-state index in [4.69, 9.17) is 23.2 Å². The van der Waals surface area contributed by atoms with Crippen molar-refractivity contribution in [2.24, 2.45) is 0 Å². The topological polar surface area (TPSA) is 46.8 Å². The van der Waals surface area contributed by atoms with Gasteiger partial charge in [0.05, 0.1) is 21.0 Å². The molecule has 0 amide bonds. The lowest BCUT2D eigenvalue weighted by atomic mass is 10.2. The fourth-order valence-electron chi connectivity index (χ4n) is 3.62. The van der Waals surface area contributed by atoms with E-state index in [-0.39, 0.29) is 18.9 Å². The maximum absolute atomic E-state index is 13.8. The highest BCUT2D eigenvalue weighted by atomic mass is 35.5. The third-order valence-corrected chi connectivity index (χ3v) is 5.57. The van der Waals surface area contributed by atoms with Gasteiger partial charge in [-0.1, -0.05) is 23.2 Å². The number of hydrogen-bond donors (Lipinski definition) is 0. The largest absolute Gasteiger partial charge is 0.451 e. The van der Waals surface area contributed by atoms with Gasteiger partial charge in [-0.3, -0.25) is 0 Å². The number of halogens is 11. The number of nitrogens with zero attached hydrogens (tertiary/aromatic N) is 5. The lowest BCUT2D eigenvalue weighted by Crippen LogP contribution is -2.23. The van der Waals surface area contributed by atoms with Gasteiger partial charge >= 0.3 is 18.5 Å². The van der Waals surface area contributed by atoms with Crippen LogP contribution in [-0.2, 0) is 18.5 Å². The molecule has 1 fully saturated rings. The standard InChI is InChI=1S/C18H10Cl2F9N5/c19-8-5-7(16(21,22)23)6-9(20)11(8)34-14(33-3-1-2-4-33)10-12(17(24,25)26)30-15(18(27,28)29)31-13(10)32-34/h5-6H,1-4H2. The Morgan fingerprint density at radius 2 is 1.32 bits per heavy atom. The second kappa shape index (κ2) is 8.04. The lowest BCUT2D eigenvalue weighted by Gasteiger charge is -2.22. The molecule has 34 heavy (non-hydrogen) atoms. The molecule has 0 radical (unpaired) electrons. The first-order valence-corrected chi connectivity index (χ1v) is 10.1. The Balaban J connectivity index is 2.10. The highest BCUT2D eigenvalue weighted by Gasteiger charge is 2.44. The van der Waals surface area contributed by atoms with Gasteiger partial charge in [0.25, 0.3) is 0 Å². The van der Waals surface area contributed by atoms with Gasteiger partial charge in [0.1, 0.15) is 11.5 Å². The van der Waals surface area contributed by atoms with Gasteiger partial charge in [-0.15, -0.1) is 5.10 Å². The molecule has 1 saturated heterocycles. The summed E-state index contributed by atoms with van der Waals surface area (Å²) in [6.07, 6.45) is -14.4. The third-order valence-electron chi connectivity index (χ3n) is 4.99. The summed E-state index contributed by atoms with van der Waals surface area (Å²) in [6, 6.07) is 0.973. The molecule has 1 aliphatic rings. The van der Waals surface area contributed by atoms with Crippen molar-refractivity contribution >= 4 is 40.1 Å². The zero-order valence-corrected chi connectivity index (χ0v) is 17.9. The Bertz CT molecular complexity index is 1230. The van der Waals surface area contributed by atoms with Crippen molar-refractivity contribution in [3.63, 3.8) is 0 Å². The average Bonchev–Trinajstić information content (AvgIpc) is 3.31. The molecule has 0 spiro atoms. The highest BCUT2D eigenvalue weighted by Crippen LogP contribution is 2.44. The zero-order valence-electron chi connectivity index (χ0n) is 16.4. The monoisotopic (exact) mass is 537 g/mol. The normalized spacial score (nSPS) is 15.6. The summed E-state index contributed by atoms with van der Waals surface area (Å²) < 4.78 is 121. The Hall–Kier alpha value is -2.48. The second-order valence-electron chi connectivity index (χ2n) is 7.31. The molecule has 184 valence electrons. The maximum Gasteiger partial charge on any atom is 0.451 e. The number of anilines is 1. The predicted molar refractivity (Wildman–Crippen MR) is 103 cm³/mol. The summed E-state index contributed by atoms with van der Waals surface area (Å²) in [7, 11) is 0. The summed E-state index contributed by atoms with van der Waals surface area (Å²) in [5.41, 5.74) is -4.54. The van der Waals surface area contributed by atoms with E-state index < -0.39 is 62.4 Å². The average molecular weight is 538 g/mol. The number of benzene rings is 1. The number of alkyl halides is 9. The first-order valence-electron chi connectivity index (χ1n) is 9.35. The van der Waals surface area contributed by atoms with E-state index in [0.717, 1.165) is 0 Å². The van der Waals surface area contributed by atoms with Crippen LogP contribution in [0.15, 0.2) is 12.1 Å². The molecule has 16 heteroatoms. The quantitative estimate of drug-likeness (QED) is 0.338.